The molecular weight excluding hydrogens is 436 g/mol. The van der Waals surface area contributed by atoms with Gasteiger partial charge in [0.15, 0.2) is 0 Å². The van der Waals surface area contributed by atoms with E-state index in [0.717, 1.165) is 17.8 Å². The SMILES string of the molecule is O=C(Nc1ccc(S(=O)(=O)N2CCN(c3ccccc3)CC2)cc1F)c1ccccc1F. The first-order valence-corrected chi connectivity index (χ1v) is 11.5. The molecule has 0 aromatic heterocycles. The molecule has 3 aromatic carbocycles. The lowest BCUT2D eigenvalue weighted by molar-refractivity contribution is 0.102. The molecule has 0 spiro atoms. The lowest BCUT2D eigenvalue weighted by Gasteiger charge is -2.35. The summed E-state index contributed by atoms with van der Waals surface area (Å²) in [6.45, 7) is 1.57. The summed E-state index contributed by atoms with van der Waals surface area (Å²) in [6, 6.07) is 18.3. The number of benzene rings is 3. The van der Waals surface area contributed by atoms with Crippen molar-refractivity contribution in [3.8, 4) is 0 Å². The molecule has 0 bridgehead atoms. The van der Waals surface area contributed by atoms with E-state index in [1.54, 1.807) is 0 Å². The molecule has 1 aliphatic rings. The second kappa shape index (κ2) is 9.05. The van der Waals surface area contributed by atoms with Gasteiger partial charge in [-0.05, 0) is 42.5 Å². The fourth-order valence-corrected chi connectivity index (χ4v) is 5.00. The normalized spacial score (nSPS) is 14.9. The van der Waals surface area contributed by atoms with E-state index in [-0.39, 0.29) is 29.2 Å². The van der Waals surface area contributed by atoms with Gasteiger partial charge in [0.2, 0.25) is 10.0 Å². The van der Waals surface area contributed by atoms with E-state index in [9.17, 15) is 22.0 Å². The van der Waals surface area contributed by atoms with Gasteiger partial charge < -0.3 is 10.2 Å². The van der Waals surface area contributed by atoms with E-state index < -0.39 is 27.6 Å². The van der Waals surface area contributed by atoms with E-state index in [1.165, 1.54) is 34.6 Å². The number of carbonyl (C=O) groups excluding carboxylic acids is 1. The molecular formula is C23H21F2N3O3S. The van der Waals surface area contributed by atoms with E-state index in [4.69, 9.17) is 0 Å². The van der Waals surface area contributed by atoms with Crippen LogP contribution in [0.25, 0.3) is 0 Å². The second-order valence-corrected chi connectivity index (χ2v) is 9.24. The van der Waals surface area contributed by atoms with Crippen LogP contribution in [0.15, 0.2) is 77.7 Å². The van der Waals surface area contributed by atoms with Crippen molar-refractivity contribution in [3.05, 3.63) is 90.0 Å². The standard InChI is InChI=1S/C23H21F2N3O3S/c24-20-9-5-4-8-19(20)23(29)26-22-11-10-18(16-21(22)25)32(30,31)28-14-12-27(13-15-28)17-6-2-1-3-7-17/h1-11,16H,12-15H2,(H,26,29). The van der Waals surface area contributed by atoms with Gasteiger partial charge in [0.1, 0.15) is 11.6 Å². The number of nitrogens with one attached hydrogen (secondary N) is 1. The third-order valence-electron chi connectivity index (χ3n) is 5.30. The molecule has 3 aromatic rings. The summed E-state index contributed by atoms with van der Waals surface area (Å²) in [5.74, 6) is -2.48. The minimum atomic E-state index is -3.90. The maximum Gasteiger partial charge on any atom is 0.258 e. The Balaban J connectivity index is 1.46. The Kier molecular flexibility index (Phi) is 6.20. The predicted molar refractivity (Wildman–Crippen MR) is 118 cm³/mol. The van der Waals surface area contributed by atoms with Crippen LogP contribution >= 0.6 is 0 Å². The largest absolute Gasteiger partial charge is 0.369 e. The summed E-state index contributed by atoms with van der Waals surface area (Å²) < 4.78 is 55.7. The van der Waals surface area contributed by atoms with Crippen LogP contribution < -0.4 is 10.2 Å². The van der Waals surface area contributed by atoms with Crippen molar-refractivity contribution in [1.82, 2.24) is 4.31 Å². The predicted octanol–water partition coefficient (Wildman–Crippen LogP) is 3.73. The Morgan fingerprint density at radius 2 is 1.47 bits per heavy atom. The van der Waals surface area contributed by atoms with Crippen LogP contribution in [0.4, 0.5) is 20.2 Å². The number of hydrogen-bond acceptors (Lipinski definition) is 4. The number of rotatable bonds is 5. The molecule has 1 N–H and O–H groups in total. The highest BCUT2D eigenvalue weighted by Crippen LogP contribution is 2.25. The third-order valence-corrected chi connectivity index (χ3v) is 7.20. The minimum absolute atomic E-state index is 0.202. The Labute approximate surface area is 185 Å². The van der Waals surface area contributed by atoms with Crippen LogP contribution in [0, 0.1) is 11.6 Å². The van der Waals surface area contributed by atoms with Gasteiger partial charge in [0.25, 0.3) is 5.91 Å². The number of hydrogen-bond donors (Lipinski definition) is 1. The van der Waals surface area contributed by atoms with Crippen LogP contribution in [-0.2, 0) is 10.0 Å². The van der Waals surface area contributed by atoms with Gasteiger partial charge in [-0.1, -0.05) is 30.3 Å². The smallest absolute Gasteiger partial charge is 0.258 e. The molecule has 32 heavy (non-hydrogen) atoms. The van der Waals surface area contributed by atoms with E-state index in [0.29, 0.717) is 13.1 Å². The lowest BCUT2D eigenvalue weighted by Crippen LogP contribution is -2.48. The van der Waals surface area contributed by atoms with Crippen molar-refractivity contribution in [3.63, 3.8) is 0 Å². The lowest BCUT2D eigenvalue weighted by atomic mass is 10.2. The summed E-state index contributed by atoms with van der Waals surface area (Å²) in [5.41, 5.74) is 0.552. The number of sulfonamides is 1. The molecule has 1 aliphatic heterocycles. The average Bonchev–Trinajstić information content (AvgIpc) is 2.81. The van der Waals surface area contributed by atoms with Crippen LogP contribution in [-0.4, -0.2) is 44.8 Å². The topological polar surface area (TPSA) is 69.7 Å². The molecule has 1 fully saturated rings. The zero-order valence-corrected chi connectivity index (χ0v) is 17.9. The van der Waals surface area contributed by atoms with Gasteiger partial charge in [-0.3, -0.25) is 4.79 Å². The maximum atomic E-state index is 14.6. The van der Waals surface area contributed by atoms with Crippen LogP contribution in [0.2, 0.25) is 0 Å². The second-order valence-electron chi connectivity index (χ2n) is 7.30. The molecule has 166 valence electrons. The molecule has 1 amide bonds. The highest BCUT2D eigenvalue weighted by molar-refractivity contribution is 7.89. The van der Waals surface area contributed by atoms with E-state index >= 15 is 0 Å². The fraction of sp³-hybridized carbons (Fsp3) is 0.174. The zero-order chi connectivity index (χ0) is 22.7. The summed E-state index contributed by atoms with van der Waals surface area (Å²) in [6.07, 6.45) is 0. The molecule has 6 nitrogen and oxygen atoms in total. The van der Waals surface area contributed by atoms with Gasteiger partial charge in [0, 0.05) is 31.9 Å². The van der Waals surface area contributed by atoms with Crippen molar-refractivity contribution in [2.24, 2.45) is 0 Å². The Morgan fingerprint density at radius 1 is 0.812 bits per heavy atom. The molecule has 0 radical (unpaired) electrons. The summed E-state index contributed by atoms with van der Waals surface area (Å²) >= 11 is 0. The minimum Gasteiger partial charge on any atom is -0.369 e. The number of carbonyl (C=O) groups is 1. The van der Waals surface area contributed by atoms with Crippen molar-refractivity contribution >= 4 is 27.3 Å². The van der Waals surface area contributed by atoms with Gasteiger partial charge in [-0.25, -0.2) is 17.2 Å². The van der Waals surface area contributed by atoms with Gasteiger partial charge in [0.05, 0.1) is 16.1 Å². The van der Waals surface area contributed by atoms with E-state index in [1.807, 2.05) is 30.3 Å². The van der Waals surface area contributed by atoms with Crippen molar-refractivity contribution in [1.29, 1.82) is 0 Å². The first-order chi connectivity index (χ1) is 15.4. The van der Waals surface area contributed by atoms with Crippen molar-refractivity contribution < 1.29 is 22.0 Å². The van der Waals surface area contributed by atoms with Gasteiger partial charge in [-0.15, -0.1) is 0 Å². The fourth-order valence-electron chi connectivity index (χ4n) is 3.57. The highest BCUT2D eigenvalue weighted by atomic mass is 32.2. The first kappa shape index (κ1) is 21.9. The van der Waals surface area contributed by atoms with Crippen LogP contribution in [0.5, 0.6) is 0 Å². The third kappa shape index (κ3) is 4.49. The number of amides is 1. The Morgan fingerprint density at radius 3 is 2.12 bits per heavy atom. The molecule has 0 aliphatic carbocycles. The summed E-state index contributed by atoms with van der Waals surface area (Å²) in [5, 5.41) is 2.28. The maximum absolute atomic E-state index is 14.6. The van der Waals surface area contributed by atoms with Crippen molar-refractivity contribution in [2.75, 3.05) is 36.4 Å². The molecule has 0 atom stereocenters. The van der Waals surface area contributed by atoms with Gasteiger partial charge >= 0.3 is 0 Å². The number of nitrogens with zero attached hydrogens (tertiary/aromatic N) is 2. The molecule has 1 saturated heterocycles. The molecule has 1 heterocycles. The zero-order valence-electron chi connectivity index (χ0n) is 17.0. The first-order valence-electron chi connectivity index (χ1n) is 10.0. The summed E-state index contributed by atoms with van der Waals surface area (Å²) in [4.78, 5) is 14.1. The van der Waals surface area contributed by atoms with Crippen molar-refractivity contribution in [2.45, 2.75) is 4.90 Å². The Hall–Kier alpha value is -3.30. The quantitative estimate of drug-likeness (QED) is 0.634. The number of halogens is 2. The highest BCUT2D eigenvalue weighted by Gasteiger charge is 2.29. The Bertz CT molecular complexity index is 1230. The molecule has 4 rings (SSSR count). The average molecular weight is 458 g/mol. The van der Waals surface area contributed by atoms with Gasteiger partial charge in [-0.2, -0.15) is 4.31 Å². The molecule has 0 saturated carbocycles. The molecule has 9 heteroatoms. The number of para-hydroxylation sites is 1. The number of anilines is 2. The summed E-state index contributed by atoms with van der Waals surface area (Å²) in [7, 11) is -3.90. The monoisotopic (exact) mass is 457 g/mol. The molecule has 0 unspecified atom stereocenters. The van der Waals surface area contributed by atoms with Crippen LogP contribution in [0.1, 0.15) is 10.4 Å². The van der Waals surface area contributed by atoms with E-state index in [2.05, 4.69) is 10.2 Å². The number of piperazine rings is 1. The van der Waals surface area contributed by atoms with Crippen LogP contribution in [0.3, 0.4) is 0 Å².